The van der Waals surface area contributed by atoms with E-state index >= 15 is 0 Å². The van der Waals surface area contributed by atoms with Crippen LogP contribution in [-0.4, -0.2) is 17.3 Å². The molecule has 1 aromatic heterocycles. The Morgan fingerprint density at radius 3 is 2.11 bits per heavy atom. The van der Waals surface area contributed by atoms with E-state index in [-0.39, 0.29) is 0 Å². The minimum atomic E-state index is 0.597. The number of para-hydroxylation sites is 1. The highest BCUT2D eigenvalue weighted by Gasteiger charge is 2.13. The molecule has 0 aliphatic rings. The SMILES string of the molecule is O[B]Oc1ccc2c3ccccc3n(-c3ccc(-c4ccccc4)cc3)c2c1. The Hall–Kier alpha value is -3.50. The molecule has 0 aliphatic heterocycles. The summed E-state index contributed by atoms with van der Waals surface area (Å²) in [5.41, 5.74) is 5.63. The first-order chi connectivity index (χ1) is 13.8. The van der Waals surface area contributed by atoms with E-state index in [0.29, 0.717) is 13.4 Å². The number of nitrogens with zero attached hydrogens (tertiary/aromatic N) is 1. The summed E-state index contributed by atoms with van der Waals surface area (Å²) < 4.78 is 7.42. The minimum absolute atomic E-state index is 0.597. The van der Waals surface area contributed by atoms with Crippen LogP contribution in [0.25, 0.3) is 38.6 Å². The predicted molar refractivity (Wildman–Crippen MR) is 115 cm³/mol. The Bertz CT molecular complexity index is 1260. The van der Waals surface area contributed by atoms with Crippen LogP contribution in [0.4, 0.5) is 0 Å². The van der Waals surface area contributed by atoms with Crippen molar-refractivity contribution in [3.05, 3.63) is 97.1 Å². The van der Waals surface area contributed by atoms with Crippen LogP contribution >= 0.6 is 0 Å². The molecule has 5 rings (SSSR count). The summed E-state index contributed by atoms with van der Waals surface area (Å²) in [7, 11) is 0.711. The molecule has 133 valence electrons. The maximum atomic E-state index is 9.00. The van der Waals surface area contributed by atoms with E-state index in [0.717, 1.165) is 22.1 Å². The third-order valence-electron chi connectivity index (χ3n) is 5.07. The zero-order valence-electron chi connectivity index (χ0n) is 15.1. The van der Waals surface area contributed by atoms with Gasteiger partial charge in [-0.15, -0.1) is 0 Å². The summed E-state index contributed by atoms with van der Waals surface area (Å²) in [6, 6.07) is 33.1. The second-order valence-corrected chi connectivity index (χ2v) is 6.67. The summed E-state index contributed by atoms with van der Waals surface area (Å²) in [5, 5.41) is 11.3. The molecule has 3 nitrogen and oxygen atoms in total. The van der Waals surface area contributed by atoms with Crippen molar-refractivity contribution >= 4 is 29.5 Å². The minimum Gasteiger partial charge on any atom is -0.537 e. The fraction of sp³-hybridized carbons (Fsp3) is 0. The van der Waals surface area contributed by atoms with Crippen molar-refractivity contribution in [2.75, 3.05) is 0 Å². The molecule has 0 fully saturated rings. The first kappa shape index (κ1) is 16.7. The van der Waals surface area contributed by atoms with Crippen LogP contribution < -0.4 is 4.65 Å². The molecule has 0 spiro atoms. The maximum Gasteiger partial charge on any atom is 0.569 e. The van der Waals surface area contributed by atoms with Gasteiger partial charge in [0.25, 0.3) is 0 Å². The molecular formula is C24H17BNO2. The van der Waals surface area contributed by atoms with Gasteiger partial charge in [0, 0.05) is 22.5 Å². The summed E-state index contributed by atoms with van der Waals surface area (Å²) in [6.07, 6.45) is 0. The zero-order valence-corrected chi connectivity index (χ0v) is 15.1. The van der Waals surface area contributed by atoms with Crippen LogP contribution in [0.1, 0.15) is 0 Å². The van der Waals surface area contributed by atoms with Gasteiger partial charge in [-0.05, 0) is 41.5 Å². The number of fused-ring (bicyclic) bond motifs is 3. The van der Waals surface area contributed by atoms with Gasteiger partial charge >= 0.3 is 7.69 Å². The lowest BCUT2D eigenvalue weighted by atomic mass is 10.1. The van der Waals surface area contributed by atoms with Gasteiger partial charge in [-0.25, -0.2) is 0 Å². The van der Waals surface area contributed by atoms with Crippen LogP contribution in [0.15, 0.2) is 97.1 Å². The van der Waals surface area contributed by atoms with E-state index in [2.05, 4.69) is 77.4 Å². The van der Waals surface area contributed by atoms with Crippen LogP contribution in [0, 0.1) is 0 Å². The van der Waals surface area contributed by atoms with E-state index in [9.17, 15) is 0 Å². The van der Waals surface area contributed by atoms with Crippen LogP contribution in [-0.2, 0) is 0 Å². The predicted octanol–water partition coefficient (Wildman–Crippen LogP) is 5.36. The standard InChI is InChI=1S/C24H17BNO2/c27-25-28-20-14-15-22-21-8-4-5-9-23(21)26(24(22)16-20)19-12-10-18(11-13-19)17-6-2-1-3-7-17/h1-16,27H. The van der Waals surface area contributed by atoms with E-state index in [1.54, 1.807) is 0 Å². The molecule has 28 heavy (non-hydrogen) atoms. The topological polar surface area (TPSA) is 34.4 Å². The molecule has 1 N–H and O–H groups in total. The first-order valence-corrected chi connectivity index (χ1v) is 9.17. The summed E-state index contributed by atoms with van der Waals surface area (Å²) in [6.45, 7) is 0. The molecule has 0 atom stereocenters. The van der Waals surface area contributed by atoms with Crippen molar-refractivity contribution < 1.29 is 9.68 Å². The molecule has 0 bridgehead atoms. The van der Waals surface area contributed by atoms with Gasteiger partial charge in [0.2, 0.25) is 0 Å². The third-order valence-corrected chi connectivity index (χ3v) is 5.07. The van der Waals surface area contributed by atoms with Crippen molar-refractivity contribution in [3.8, 4) is 22.6 Å². The highest BCUT2D eigenvalue weighted by atomic mass is 16.5. The van der Waals surface area contributed by atoms with E-state index < -0.39 is 0 Å². The number of benzene rings is 4. The molecule has 0 unspecified atom stereocenters. The molecule has 0 aliphatic carbocycles. The lowest BCUT2D eigenvalue weighted by molar-refractivity contribution is 0.454. The summed E-state index contributed by atoms with van der Waals surface area (Å²) >= 11 is 0. The molecule has 4 aromatic carbocycles. The second kappa shape index (κ2) is 6.91. The Morgan fingerprint density at radius 1 is 0.643 bits per heavy atom. The molecule has 0 saturated carbocycles. The normalized spacial score (nSPS) is 11.0. The fourth-order valence-electron chi connectivity index (χ4n) is 3.80. The van der Waals surface area contributed by atoms with Crippen molar-refractivity contribution in [2.45, 2.75) is 0 Å². The Kier molecular flexibility index (Phi) is 4.11. The smallest absolute Gasteiger partial charge is 0.537 e. The van der Waals surface area contributed by atoms with Crippen molar-refractivity contribution in [1.82, 2.24) is 4.57 Å². The molecular weight excluding hydrogens is 345 g/mol. The quantitative estimate of drug-likeness (QED) is 0.437. The van der Waals surface area contributed by atoms with Gasteiger partial charge in [-0.1, -0.05) is 60.7 Å². The van der Waals surface area contributed by atoms with Crippen LogP contribution in [0.3, 0.4) is 0 Å². The molecule has 5 aromatic rings. The fourth-order valence-corrected chi connectivity index (χ4v) is 3.80. The van der Waals surface area contributed by atoms with Crippen molar-refractivity contribution in [2.24, 2.45) is 0 Å². The molecule has 1 radical (unpaired) electrons. The summed E-state index contributed by atoms with van der Waals surface area (Å²) in [4.78, 5) is 0. The second-order valence-electron chi connectivity index (χ2n) is 6.67. The molecule has 0 amide bonds. The van der Waals surface area contributed by atoms with E-state index in [1.807, 2.05) is 24.3 Å². The Labute approximate surface area is 163 Å². The molecule has 0 saturated heterocycles. The summed E-state index contributed by atoms with van der Waals surface area (Å²) in [5.74, 6) is 0.597. The molecule has 4 heteroatoms. The number of rotatable bonds is 4. The van der Waals surface area contributed by atoms with Gasteiger partial charge in [-0.3, -0.25) is 0 Å². The Balaban J connectivity index is 1.71. The van der Waals surface area contributed by atoms with Gasteiger partial charge in [-0.2, -0.15) is 0 Å². The monoisotopic (exact) mass is 362 g/mol. The van der Waals surface area contributed by atoms with Gasteiger partial charge < -0.3 is 14.2 Å². The van der Waals surface area contributed by atoms with Gasteiger partial charge in [0.15, 0.2) is 0 Å². The highest BCUT2D eigenvalue weighted by molar-refractivity contribution is 6.17. The highest BCUT2D eigenvalue weighted by Crippen LogP contribution is 2.34. The number of aromatic nitrogens is 1. The van der Waals surface area contributed by atoms with E-state index in [4.69, 9.17) is 9.68 Å². The van der Waals surface area contributed by atoms with Crippen molar-refractivity contribution in [1.29, 1.82) is 0 Å². The van der Waals surface area contributed by atoms with Crippen molar-refractivity contribution in [3.63, 3.8) is 0 Å². The largest absolute Gasteiger partial charge is 0.569 e. The third kappa shape index (κ3) is 2.75. The van der Waals surface area contributed by atoms with Crippen LogP contribution in [0.2, 0.25) is 0 Å². The maximum absolute atomic E-state index is 9.00. The average Bonchev–Trinajstić information content (AvgIpc) is 3.08. The molecule has 1 heterocycles. The zero-order chi connectivity index (χ0) is 18.9. The number of hydrogen-bond acceptors (Lipinski definition) is 2. The van der Waals surface area contributed by atoms with Gasteiger partial charge in [0.05, 0.1) is 11.0 Å². The first-order valence-electron chi connectivity index (χ1n) is 9.17. The lowest BCUT2D eigenvalue weighted by Crippen LogP contribution is -2.00. The Morgan fingerprint density at radius 2 is 1.32 bits per heavy atom. The number of hydrogen-bond donors (Lipinski definition) is 1. The lowest BCUT2D eigenvalue weighted by Gasteiger charge is -2.10. The van der Waals surface area contributed by atoms with E-state index in [1.165, 1.54) is 16.5 Å². The average molecular weight is 362 g/mol. The van der Waals surface area contributed by atoms with Crippen LogP contribution in [0.5, 0.6) is 5.75 Å². The van der Waals surface area contributed by atoms with Gasteiger partial charge in [0.1, 0.15) is 5.75 Å².